The number of hydrogen-bond donors (Lipinski definition) is 0. The number of rotatable bonds is 2. The minimum atomic E-state index is -0.610. The molecule has 3 atom stereocenters. The lowest BCUT2D eigenvalue weighted by Crippen LogP contribution is -2.43. The molecule has 5 heteroatoms. The van der Waals surface area contributed by atoms with Gasteiger partial charge in [-0.15, -0.1) is 0 Å². The van der Waals surface area contributed by atoms with Crippen LogP contribution in [0.25, 0.3) is 0 Å². The van der Waals surface area contributed by atoms with Crippen molar-refractivity contribution >= 4 is 5.97 Å². The standard InChI is InChI=1S/C9H14O5/c1-6(10)13-7-3-4-9(11-2)5-12-8(7)14-9/h7-8H,3-5H2,1-2H3. The zero-order chi connectivity index (χ0) is 10.2. The van der Waals surface area contributed by atoms with Gasteiger partial charge < -0.3 is 18.9 Å². The highest BCUT2D eigenvalue weighted by Crippen LogP contribution is 2.37. The summed E-state index contributed by atoms with van der Waals surface area (Å²) in [6.45, 7) is 1.79. The Balaban J connectivity index is 1.99. The van der Waals surface area contributed by atoms with Crippen LogP contribution in [0.2, 0.25) is 0 Å². The maximum Gasteiger partial charge on any atom is 0.303 e. The molecule has 0 aromatic rings. The van der Waals surface area contributed by atoms with Gasteiger partial charge in [0.25, 0.3) is 0 Å². The van der Waals surface area contributed by atoms with Gasteiger partial charge in [-0.3, -0.25) is 4.79 Å². The second kappa shape index (κ2) is 3.49. The highest BCUT2D eigenvalue weighted by atomic mass is 16.8. The highest BCUT2D eigenvalue weighted by Gasteiger charge is 2.50. The molecule has 2 aliphatic heterocycles. The van der Waals surface area contributed by atoms with Gasteiger partial charge in [-0.05, 0) is 6.42 Å². The second-order valence-electron chi connectivity index (χ2n) is 3.60. The van der Waals surface area contributed by atoms with Crippen molar-refractivity contribution in [3.63, 3.8) is 0 Å². The molecule has 0 N–H and O–H groups in total. The van der Waals surface area contributed by atoms with Gasteiger partial charge >= 0.3 is 5.97 Å². The summed E-state index contributed by atoms with van der Waals surface area (Å²) in [4.78, 5) is 10.8. The summed E-state index contributed by atoms with van der Waals surface area (Å²) in [7, 11) is 1.60. The molecule has 0 spiro atoms. The number of hydrogen-bond acceptors (Lipinski definition) is 5. The largest absolute Gasteiger partial charge is 0.457 e. The average molecular weight is 202 g/mol. The molecular formula is C9H14O5. The van der Waals surface area contributed by atoms with E-state index in [1.54, 1.807) is 7.11 Å². The van der Waals surface area contributed by atoms with Gasteiger partial charge in [0, 0.05) is 20.5 Å². The average Bonchev–Trinajstić information content (AvgIpc) is 2.51. The second-order valence-corrected chi connectivity index (χ2v) is 3.60. The fourth-order valence-electron chi connectivity index (χ4n) is 1.84. The van der Waals surface area contributed by atoms with Crippen LogP contribution in [0.3, 0.4) is 0 Å². The van der Waals surface area contributed by atoms with Crippen LogP contribution >= 0.6 is 0 Å². The summed E-state index contributed by atoms with van der Waals surface area (Å²) >= 11 is 0. The Bertz CT molecular complexity index is 241. The Morgan fingerprint density at radius 1 is 1.57 bits per heavy atom. The minimum Gasteiger partial charge on any atom is -0.457 e. The lowest BCUT2D eigenvalue weighted by molar-refractivity contribution is -0.263. The van der Waals surface area contributed by atoms with E-state index in [0.29, 0.717) is 13.0 Å². The molecule has 0 radical (unpaired) electrons. The third-order valence-electron chi connectivity index (χ3n) is 2.60. The molecule has 2 rings (SSSR count). The first-order valence-corrected chi connectivity index (χ1v) is 4.67. The zero-order valence-corrected chi connectivity index (χ0v) is 8.32. The molecular weight excluding hydrogens is 188 g/mol. The Labute approximate surface area is 82.3 Å². The summed E-state index contributed by atoms with van der Waals surface area (Å²) in [5.74, 6) is -0.916. The molecule has 2 fully saturated rings. The monoisotopic (exact) mass is 202 g/mol. The minimum absolute atomic E-state index is 0.293. The smallest absolute Gasteiger partial charge is 0.303 e. The van der Waals surface area contributed by atoms with E-state index < -0.39 is 12.1 Å². The summed E-state index contributed by atoms with van der Waals surface area (Å²) < 4.78 is 21.2. The van der Waals surface area contributed by atoms with E-state index in [4.69, 9.17) is 18.9 Å². The van der Waals surface area contributed by atoms with Gasteiger partial charge in [0.2, 0.25) is 0 Å². The summed E-state index contributed by atoms with van der Waals surface area (Å²) in [5, 5.41) is 0. The number of esters is 1. The molecule has 80 valence electrons. The number of carbonyl (C=O) groups excluding carboxylic acids is 1. The number of methoxy groups -OCH3 is 1. The first-order chi connectivity index (χ1) is 6.65. The van der Waals surface area contributed by atoms with E-state index in [1.165, 1.54) is 6.92 Å². The molecule has 0 aliphatic carbocycles. The predicted molar refractivity (Wildman–Crippen MR) is 45.4 cm³/mol. The van der Waals surface area contributed by atoms with Crippen LogP contribution in [0.1, 0.15) is 19.8 Å². The maximum atomic E-state index is 10.8. The summed E-state index contributed by atoms with van der Waals surface area (Å²) in [6.07, 6.45) is 0.654. The van der Waals surface area contributed by atoms with Crippen molar-refractivity contribution in [2.75, 3.05) is 13.7 Å². The molecule has 2 bridgehead atoms. The summed E-state index contributed by atoms with van der Waals surface area (Å²) in [5.41, 5.74) is 0. The van der Waals surface area contributed by atoms with E-state index in [2.05, 4.69) is 0 Å². The van der Waals surface area contributed by atoms with Gasteiger partial charge in [-0.25, -0.2) is 0 Å². The first kappa shape index (κ1) is 9.89. The van der Waals surface area contributed by atoms with Crippen LogP contribution in [-0.2, 0) is 23.7 Å². The molecule has 5 nitrogen and oxygen atoms in total. The van der Waals surface area contributed by atoms with Crippen LogP contribution in [0.4, 0.5) is 0 Å². The van der Waals surface area contributed by atoms with E-state index in [0.717, 1.165) is 6.42 Å². The van der Waals surface area contributed by atoms with Crippen molar-refractivity contribution in [2.45, 2.75) is 37.9 Å². The molecule has 0 amide bonds. The molecule has 2 aliphatic rings. The third kappa shape index (κ3) is 1.63. The predicted octanol–water partition coefficient (Wildman–Crippen LogP) is 0.427. The quantitative estimate of drug-likeness (QED) is 0.608. The molecule has 0 aromatic carbocycles. The van der Waals surface area contributed by atoms with Crippen LogP contribution < -0.4 is 0 Å². The van der Waals surface area contributed by atoms with Crippen LogP contribution in [0.5, 0.6) is 0 Å². The lowest BCUT2D eigenvalue weighted by atomic mass is 10.1. The summed E-state index contributed by atoms with van der Waals surface area (Å²) in [6, 6.07) is 0. The van der Waals surface area contributed by atoms with Crippen molar-refractivity contribution in [1.29, 1.82) is 0 Å². The normalized spacial score (nSPS) is 41.0. The number of ether oxygens (including phenoxy) is 4. The molecule has 14 heavy (non-hydrogen) atoms. The topological polar surface area (TPSA) is 54.0 Å². The van der Waals surface area contributed by atoms with Gasteiger partial charge in [-0.2, -0.15) is 0 Å². The van der Waals surface area contributed by atoms with Crippen molar-refractivity contribution in [1.82, 2.24) is 0 Å². The Kier molecular flexibility index (Phi) is 2.47. The van der Waals surface area contributed by atoms with E-state index in [1.807, 2.05) is 0 Å². The fourth-order valence-corrected chi connectivity index (χ4v) is 1.84. The van der Waals surface area contributed by atoms with Crippen molar-refractivity contribution in [2.24, 2.45) is 0 Å². The molecule has 2 heterocycles. The van der Waals surface area contributed by atoms with Gasteiger partial charge in [0.1, 0.15) is 6.61 Å². The van der Waals surface area contributed by atoms with Crippen LogP contribution in [0, 0.1) is 0 Å². The molecule has 0 aromatic heterocycles. The highest BCUT2D eigenvalue weighted by molar-refractivity contribution is 5.66. The molecule has 0 saturated carbocycles. The Hall–Kier alpha value is -0.650. The van der Waals surface area contributed by atoms with Crippen LogP contribution in [0.15, 0.2) is 0 Å². The van der Waals surface area contributed by atoms with Gasteiger partial charge in [-0.1, -0.05) is 0 Å². The van der Waals surface area contributed by atoms with E-state index in [9.17, 15) is 4.79 Å². The lowest BCUT2D eigenvalue weighted by Gasteiger charge is -2.33. The van der Waals surface area contributed by atoms with Crippen molar-refractivity contribution < 1.29 is 23.7 Å². The Morgan fingerprint density at radius 3 is 3.00 bits per heavy atom. The number of fused-ring (bicyclic) bond motifs is 2. The first-order valence-electron chi connectivity index (χ1n) is 4.67. The fraction of sp³-hybridized carbons (Fsp3) is 0.889. The molecule has 2 saturated heterocycles. The Morgan fingerprint density at radius 2 is 2.36 bits per heavy atom. The van der Waals surface area contributed by atoms with Crippen molar-refractivity contribution in [3.8, 4) is 0 Å². The molecule has 3 unspecified atom stereocenters. The van der Waals surface area contributed by atoms with Gasteiger partial charge in [0.05, 0.1) is 0 Å². The van der Waals surface area contributed by atoms with Gasteiger partial charge in [0.15, 0.2) is 18.2 Å². The van der Waals surface area contributed by atoms with Crippen LogP contribution in [-0.4, -0.2) is 37.9 Å². The zero-order valence-electron chi connectivity index (χ0n) is 8.32. The van der Waals surface area contributed by atoms with E-state index in [-0.39, 0.29) is 12.1 Å². The van der Waals surface area contributed by atoms with Crippen molar-refractivity contribution in [3.05, 3.63) is 0 Å². The third-order valence-corrected chi connectivity index (χ3v) is 2.60. The van der Waals surface area contributed by atoms with E-state index >= 15 is 0 Å². The SMILES string of the molecule is COC12CCC(OC(C)=O)C(OC1)O2. The maximum absolute atomic E-state index is 10.8. The number of carbonyl (C=O) groups is 1.